The maximum atomic E-state index is 11.7. The van der Waals surface area contributed by atoms with E-state index < -0.39 is 25.3 Å². The van der Waals surface area contributed by atoms with Gasteiger partial charge in [0.15, 0.2) is 5.60 Å². The first-order chi connectivity index (χ1) is 12.1. The van der Waals surface area contributed by atoms with Crippen molar-refractivity contribution in [2.24, 2.45) is 0 Å². The molecule has 2 aliphatic rings. The second-order valence-electron chi connectivity index (χ2n) is 6.47. The van der Waals surface area contributed by atoms with Crippen molar-refractivity contribution in [3.63, 3.8) is 0 Å². The fraction of sp³-hybridized carbons (Fsp3) is 0.438. The van der Waals surface area contributed by atoms with Crippen molar-refractivity contribution in [2.45, 2.75) is 31.6 Å². The van der Waals surface area contributed by atoms with Crippen LogP contribution in [0.4, 0.5) is 0 Å². The molecule has 10 heteroatoms. The van der Waals surface area contributed by atoms with Crippen LogP contribution in [0.1, 0.15) is 30.6 Å². The minimum absolute atomic E-state index is 0.0180. The molecular weight excluding hydrogens is 365 g/mol. The van der Waals surface area contributed by atoms with E-state index in [-0.39, 0.29) is 43.1 Å². The molecule has 2 atom stereocenters. The summed E-state index contributed by atoms with van der Waals surface area (Å²) in [6, 6.07) is 0. The van der Waals surface area contributed by atoms with Gasteiger partial charge in [-0.3, -0.25) is 9.13 Å². The smallest absolute Gasteiger partial charge is 0.333 e. The molecule has 2 unspecified atom stereocenters. The Hall–Kier alpha value is -2.06. The summed E-state index contributed by atoms with van der Waals surface area (Å²) in [7, 11) is -4.17. The lowest BCUT2D eigenvalue weighted by Crippen LogP contribution is -2.29. The van der Waals surface area contributed by atoms with Crippen molar-refractivity contribution in [3.05, 3.63) is 35.4 Å². The highest BCUT2D eigenvalue weighted by atomic mass is 31.2. The van der Waals surface area contributed by atoms with Gasteiger partial charge in [0.1, 0.15) is 12.7 Å². The third kappa shape index (κ3) is 3.07. The van der Waals surface area contributed by atoms with Crippen molar-refractivity contribution in [1.29, 1.82) is 0 Å². The van der Waals surface area contributed by atoms with Gasteiger partial charge in [-0.15, -0.1) is 0 Å². The Morgan fingerprint density at radius 3 is 2.73 bits per heavy atom. The third-order valence-corrected chi connectivity index (χ3v) is 5.33. The number of carbonyl (C=O) groups excluding carboxylic acids is 1. The summed E-state index contributed by atoms with van der Waals surface area (Å²) in [5.41, 5.74) is -0.317. The first kappa shape index (κ1) is 18.7. The van der Waals surface area contributed by atoms with Crippen molar-refractivity contribution in [2.75, 3.05) is 12.8 Å². The highest BCUT2D eigenvalue weighted by Gasteiger charge is 2.53. The molecule has 0 fully saturated rings. The number of aromatic nitrogens is 1. The zero-order valence-corrected chi connectivity index (χ0v) is 15.0. The first-order valence-electron chi connectivity index (χ1n) is 7.95. The van der Waals surface area contributed by atoms with Crippen LogP contribution in [0.2, 0.25) is 0 Å². The number of nitrogens with zero attached hydrogens (tertiary/aromatic N) is 1. The largest absolute Gasteiger partial charge is 0.494 e. The average Bonchev–Trinajstić information content (AvgIpc) is 3.17. The zero-order chi connectivity index (χ0) is 19.3. The quantitative estimate of drug-likeness (QED) is 0.239. The van der Waals surface area contributed by atoms with E-state index in [9.17, 15) is 19.6 Å². The van der Waals surface area contributed by atoms with Gasteiger partial charge in [-0.1, -0.05) is 12.7 Å². The van der Waals surface area contributed by atoms with Crippen LogP contribution in [0.5, 0.6) is 11.8 Å². The third-order valence-electron chi connectivity index (χ3n) is 4.43. The Bertz CT molecular complexity index is 851. The minimum atomic E-state index is -4.17. The Morgan fingerprint density at radius 2 is 2.12 bits per heavy atom. The molecule has 0 saturated carbocycles. The van der Waals surface area contributed by atoms with E-state index in [2.05, 4.69) is 6.58 Å². The number of ether oxygens (including phenoxy) is 2. The van der Waals surface area contributed by atoms with Crippen LogP contribution in [0.25, 0.3) is 0 Å². The second kappa shape index (κ2) is 6.28. The summed E-state index contributed by atoms with van der Waals surface area (Å²) in [6.07, 6.45) is 2.45. The topological polar surface area (TPSA) is 138 Å². The number of carbonyl (C=O) groups is 1. The lowest BCUT2D eigenvalue weighted by atomic mass is 9.90. The monoisotopic (exact) mass is 385 g/mol. The molecule has 0 amide bonds. The molecule has 3 heterocycles. The lowest BCUT2D eigenvalue weighted by Gasteiger charge is -2.23. The standard InChI is InChI=1S/C16H20NO8P/c1-9(2)15(20)24-8-16-5-4-10(25-16)11-12(16)14(19)17(13(11)18)6-3-7-26(21,22)23/h4-5,10,18-19H,1,3,6-8H2,2H3,(H2,21,22,23). The number of rotatable bonds is 7. The van der Waals surface area contributed by atoms with Gasteiger partial charge in [-0.2, -0.15) is 0 Å². The SMILES string of the molecule is C=C(C)C(=O)OCC12C=CC(O1)c1c2c(O)n(CCCP(=O)(O)O)c1O. The molecule has 1 aromatic rings. The first-order valence-corrected chi connectivity index (χ1v) is 9.74. The van der Waals surface area contributed by atoms with Crippen LogP contribution < -0.4 is 0 Å². The molecule has 1 aromatic heterocycles. The molecule has 4 N–H and O–H groups in total. The van der Waals surface area contributed by atoms with E-state index in [4.69, 9.17) is 19.3 Å². The van der Waals surface area contributed by atoms with Gasteiger partial charge in [-0.05, 0) is 19.4 Å². The predicted octanol–water partition coefficient (Wildman–Crippen LogP) is 1.42. The lowest BCUT2D eigenvalue weighted by molar-refractivity contribution is -0.147. The van der Waals surface area contributed by atoms with Crippen LogP contribution in [0.3, 0.4) is 0 Å². The summed E-state index contributed by atoms with van der Waals surface area (Å²) in [4.78, 5) is 29.6. The van der Waals surface area contributed by atoms with Crippen LogP contribution in [0, 0.1) is 0 Å². The number of hydrogen-bond donors (Lipinski definition) is 4. The minimum Gasteiger partial charge on any atom is -0.494 e. The summed E-state index contributed by atoms with van der Waals surface area (Å²) >= 11 is 0. The van der Waals surface area contributed by atoms with Gasteiger partial charge >= 0.3 is 13.6 Å². The Balaban J connectivity index is 1.86. The van der Waals surface area contributed by atoms with Crippen molar-refractivity contribution < 1.29 is 38.8 Å². The van der Waals surface area contributed by atoms with Gasteiger partial charge < -0.3 is 29.5 Å². The van der Waals surface area contributed by atoms with Crippen LogP contribution in [-0.2, 0) is 31.0 Å². The molecule has 0 spiro atoms. The molecule has 0 aliphatic carbocycles. The van der Waals surface area contributed by atoms with Crippen molar-refractivity contribution in [1.82, 2.24) is 4.57 Å². The molecule has 2 aliphatic heterocycles. The molecule has 2 bridgehead atoms. The van der Waals surface area contributed by atoms with Crippen LogP contribution >= 0.6 is 7.60 Å². The fourth-order valence-electron chi connectivity index (χ4n) is 3.24. The molecule has 3 rings (SSSR count). The van der Waals surface area contributed by atoms with Crippen LogP contribution in [0.15, 0.2) is 24.3 Å². The van der Waals surface area contributed by atoms with Gasteiger partial charge in [0.05, 0.1) is 17.3 Å². The van der Waals surface area contributed by atoms with Gasteiger partial charge in [0.25, 0.3) is 0 Å². The second-order valence-corrected chi connectivity index (χ2v) is 8.25. The summed E-state index contributed by atoms with van der Waals surface area (Å²) in [6.45, 7) is 4.83. The number of esters is 1. The summed E-state index contributed by atoms with van der Waals surface area (Å²) in [5, 5.41) is 21.0. The van der Waals surface area contributed by atoms with Gasteiger partial charge in [-0.25, -0.2) is 4.79 Å². The fourth-order valence-corrected chi connectivity index (χ4v) is 3.80. The average molecular weight is 385 g/mol. The van der Waals surface area contributed by atoms with E-state index in [1.807, 2.05) is 0 Å². The molecule has 9 nitrogen and oxygen atoms in total. The molecule has 0 saturated heterocycles. The Labute approximate surface area is 149 Å². The molecule has 26 heavy (non-hydrogen) atoms. The van der Waals surface area contributed by atoms with Crippen LogP contribution in [-0.4, -0.2) is 43.3 Å². The molecule has 142 valence electrons. The van der Waals surface area contributed by atoms with Crippen molar-refractivity contribution in [3.8, 4) is 11.8 Å². The summed E-state index contributed by atoms with van der Waals surface area (Å²) in [5.74, 6) is -1.11. The Kier molecular flexibility index (Phi) is 4.52. The summed E-state index contributed by atoms with van der Waals surface area (Å²) < 4.78 is 23.1. The predicted molar refractivity (Wildman–Crippen MR) is 89.7 cm³/mol. The number of fused-ring (bicyclic) bond motifs is 5. The maximum absolute atomic E-state index is 11.7. The van der Waals surface area contributed by atoms with Crippen molar-refractivity contribution >= 4 is 13.6 Å². The van der Waals surface area contributed by atoms with E-state index >= 15 is 0 Å². The zero-order valence-electron chi connectivity index (χ0n) is 14.1. The number of aromatic hydroxyl groups is 2. The van der Waals surface area contributed by atoms with E-state index in [0.717, 1.165) is 0 Å². The highest BCUT2D eigenvalue weighted by Crippen LogP contribution is 2.58. The van der Waals surface area contributed by atoms with Gasteiger partial charge in [0.2, 0.25) is 11.8 Å². The van der Waals surface area contributed by atoms with E-state index in [1.165, 1.54) is 11.5 Å². The van der Waals surface area contributed by atoms with E-state index in [1.54, 1.807) is 12.2 Å². The molecule has 0 aromatic carbocycles. The molecule has 0 radical (unpaired) electrons. The number of hydrogen-bond acceptors (Lipinski definition) is 6. The Morgan fingerprint density at radius 1 is 1.42 bits per heavy atom. The normalized spacial score (nSPS) is 23.3. The van der Waals surface area contributed by atoms with Gasteiger partial charge in [0, 0.05) is 12.1 Å². The molecular formula is C16H20NO8P. The van der Waals surface area contributed by atoms with E-state index in [0.29, 0.717) is 11.1 Å². The maximum Gasteiger partial charge on any atom is 0.333 e. The highest BCUT2D eigenvalue weighted by molar-refractivity contribution is 7.51.